The van der Waals surface area contributed by atoms with Crippen molar-refractivity contribution in [2.45, 2.75) is 48.3 Å². The fourth-order valence-corrected chi connectivity index (χ4v) is 8.24. The highest BCUT2D eigenvalue weighted by molar-refractivity contribution is 7.91. The molecule has 3 heterocycles. The van der Waals surface area contributed by atoms with Crippen LogP contribution in [0.1, 0.15) is 42.6 Å². The molecule has 2 N–H and O–H groups in total. The van der Waals surface area contributed by atoms with E-state index < -0.39 is 53.1 Å². The van der Waals surface area contributed by atoms with Crippen LogP contribution >= 0.6 is 0 Å². The molecular formula is C27H29F2N5O4S2. The summed E-state index contributed by atoms with van der Waals surface area (Å²) in [4.78, 5) is 8.30. The summed E-state index contributed by atoms with van der Waals surface area (Å²) in [7, 11) is -7.09. The molecule has 1 aliphatic carbocycles. The number of sulfone groups is 2. The number of hydrogen-bond acceptors (Lipinski definition) is 8. The van der Waals surface area contributed by atoms with E-state index in [-0.39, 0.29) is 17.5 Å². The largest absolute Gasteiger partial charge is 0.326 e. The van der Waals surface area contributed by atoms with E-state index in [1.54, 1.807) is 24.7 Å². The number of nitrogens with zero attached hydrogens (tertiary/aromatic N) is 4. The predicted octanol–water partition coefficient (Wildman–Crippen LogP) is 3.32. The summed E-state index contributed by atoms with van der Waals surface area (Å²) < 4.78 is 79.5. The standard InChI is InChI=1S/C27H29F2N5O4S2/c1-15-8-16(9-23(30)27(15)40(3,37)38)20-6-7-31-13-17(20)10-25-32-14-18-4-5-24(33-34(18)25)26-21(28)11-19(12-22(26)29)39(2,35)36/h4-7,11-16,23,27H,8-10,30H2,1-3H3/t15-,16+,23+,27-/m0/s1. The molecule has 0 radical (unpaired) electrons. The van der Waals surface area contributed by atoms with Crippen molar-refractivity contribution < 1.29 is 25.6 Å². The number of fused-ring (bicyclic) bond motifs is 1. The first kappa shape index (κ1) is 28.2. The van der Waals surface area contributed by atoms with Gasteiger partial charge in [-0.2, -0.15) is 5.10 Å². The molecule has 4 aromatic rings. The Morgan fingerprint density at radius 2 is 1.73 bits per heavy atom. The van der Waals surface area contributed by atoms with Gasteiger partial charge < -0.3 is 5.73 Å². The lowest BCUT2D eigenvalue weighted by Crippen LogP contribution is -2.48. The highest BCUT2D eigenvalue weighted by Gasteiger charge is 2.40. The molecule has 0 bridgehead atoms. The van der Waals surface area contributed by atoms with Crippen molar-refractivity contribution in [1.29, 1.82) is 0 Å². The SMILES string of the molecule is C[C@H]1C[C@@H](c2ccncc2Cc2ncc3ccc(-c4c(F)cc(S(C)(=O)=O)cc4F)nn23)C[C@@H](N)[C@H]1S(C)(=O)=O. The summed E-state index contributed by atoms with van der Waals surface area (Å²) in [5, 5.41) is 3.84. The number of hydrogen-bond donors (Lipinski definition) is 1. The predicted molar refractivity (Wildman–Crippen MR) is 146 cm³/mol. The number of nitrogens with two attached hydrogens (primary N) is 1. The van der Waals surface area contributed by atoms with Crippen molar-refractivity contribution in [3.8, 4) is 11.3 Å². The van der Waals surface area contributed by atoms with Crippen LogP contribution in [0.4, 0.5) is 8.78 Å². The molecule has 5 rings (SSSR count). The van der Waals surface area contributed by atoms with Crippen molar-refractivity contribution >= 4 is 25.2 Å². The second-order valence-corrected chi connectivity index (χ2v) is 14.8. The molecule has 0 spiro atoms. The lowest BCUT2D eigenvalue weighted by atomic mass is 9.75. The summed E-state index contributed by atoms with van der Waals surface area (Å²) in [6.07, 6.45) is 8.57. The number of imidazole rings is 1. The summed E-state index contributed by atoms with van der Waals surface area (Å²) in [5.74, 6) is -1.69. The molecule has 1 fully saturated rings. The van der Waals surface area contributed by atoms with Gasteiger partial charge in [0.15, 0.2) is 19.7 Å². The second kappa shape index (κ2) is 10.3. The molecule has 1 saturated carbocycles. The van der Waals surface area contributed by atoms with Crippen LogP contribution in [0.3, 0.4) is 0 Å². The van der Waals surface area contributed by atoms with Crippen LogP contribution in [-0.2, 0) is 26.1 Å². The number of halogens is 2. The van der Waals surface area contributed by atoms with E-state index in [1.165, 1.54) is 16.8 Å². The Bertz CT molecular complexity index is 1790. The molecule has 1 aromatic carbocycles. The Morgan fingerprint density at radius 3 is 2.35 bits per heavy atom. The van der Waals surface area contributed by atoms with Crippen molar-refractivity contribution in [2.75, 3.05) is 12.5 Å². The van der Waals surface area contributed by atoms with E-state index in [2.05, 4.69) is 15.1 Å². The van der Waals surface area contributed by atoms with Gasteiger partial charge in [-0.25, -0.2) is 35.1 Å². The monoisotopic (exact) mass is 589 g/mol. The highest BCUT2D eigenvalue weighted by atomic mass is 32.2. The third-order valence-corrected chi connectivity index (χ3v) is 10.5. The minimum atomic E-state index is -3.80. The lowest BCUT2D eigenvalue weighted by molar-refractivity contribution is 0.308. The van der Waals surface area contributed by atoms with Crippen molar-refractivity contribution in [1.82, 2.24) is 19.6 Å². The van der Waals surface area contributed by atoms with Gasteiger partial charge in [-0.15, -0.1) is 0 Å². The Hall–Kier alpha value is -3.29. The zero-order valence-corrected chi connectivity index (χ0v) is 23.8. The first-order chi connectivity index (χ1) is 18.7. The summed E-state index contributed by atoms with van der Waals surface area (Å²) >= 11 is 0. The maximum atomic E-state index is 14.9. The molecule has 0 unspecified atom stereocenters. The van der Waals surface area contributed by atoms with Crippen LogP contribution in [0, 0.1) is 17.6 Å². The average Bonchev–Trinajstić information content (AvgIpc) is 3.24. The van der Waals surface area contributed by atoms with Crippen LogP contribution in [-0.4, -0.2) is 60.2 Å². The van der Waals surface area contributed by atoms with E-state index in [4.69, 9.17) is 5.73 Å². The molecule has 0 saturated heterocycles. The van der Waals surface area contributed by atoms with Crippen molar-refractivity contribution in [2.24, 2.45) is 11.7 Å². The van der Waals surface area contributed by atoms with Crippen molar-refractivity contribution in [3.63, 3.8) is 0 Å². The zero-order valence-electron chi connectivity index (χ0n) is 22.1. The van der Waals surface area contributed by atoms with Gasteiger partial charge in [0, 0.05) is 37.4 Å². The van der Waals surface area contributed by atoms with E-state index >= 15 is 0 Å². The van der Waals surface area contributed by atoms with Crippen molar-refractivity contribution in [3.05, 3.63) is 77.5 Å². The number of benzene rings is 1. The lowest BCUT2D eigenvalue weighted by Gasteiger charge is -2.38. The molecule has 9 nitrogen and oxygen atoms in total. The van der Waals surface area contributed by atoms with Gasteiger partial charge in [-0.05, 0) is 66.1 Å². The minimum Gasteiger partial charge on any atom is -0.326 e. The van der Waals surface area contributed by atoms with Crippen LogP contribution in [0.2, 0.25) is 0 Å². The van der Waals surface area contributed by atoms with E-state index in [0.717, 1.165) is 29.5 Å². The normalized spacial score (nSPS) is 22.1. The van der Waals surface area contributed by atoms with Crippen LogP contribution in [0.25, 0.3) is 16.8 Å². The Balaban J connectivity index is 1.49. The first-order valence-electron chi connectivity index (χ1n) is 12.6. The zero-order chi connectivity index (χ0) is 29.0. The summed E-state index contributed by atoms with van der Waals surface area (Å²) in [6, 6.07) is 6.03. The molecule has 4 atom stereocenters. The van der Waals surface area contributed by atoms with Gasteiger partial charge in [0.25, 0.3) is 0 Å². The molecule has 212 valence electrons. The number of aromatic nitrogens is 4. The smallest absolute Gasteiger partial charge is 0.175 e. The van der Waals surface area contributed by atoms with Gasteiger partial charge in [0.2, 0.25) is 0 Å². The minimum absolute atomic E-state index is 0.0206. The topological polar surface area (TPSA) is 137 Å². The second-order valence-electron chi connectivity index (χ2n) is 10.6. The summed E-state index contributed by atoms with van der Waals surface area (Å²) in [6.45, 7) is 1.91. The fraction of sp³-hybridized carbons (Fsp3) is 0.370. The van der Waals surface area contributed by atoms with E-state index in [9.17, 15) is 25.6 Å². The maximum Gasteiger partial charge on any atom is 0.175 e. The van der Waals surface area contributed by atoms with E-state index in [1.807, 2.05) is 13.0 Å². The molecule has 40 heavy (non-hydrogen) atoms. The first-order valence-corrected chi connectivity index (χ1v) is 16.5. The van der Waals surface area contributed by atoms with Gasteiger partial charge in [0.1, 0.15) is 17.5 Å². The van der Waals surface area contributed by atoms with Crippen LogP contribution in [0.5, 0.6) is 0 Å². The van der Waals surface area contributed by atoms with Gasteiger partial charge in [-0.3, -0.25) is 4.98 Å². The molecular weight excluding hydrogens is 560 g/mol. The van der Waals surface area contributed by atoms with E-state index in [0.29, 0.717) is 30.6 Å². The number of rotatable bonds is 6. The van der Waals surface area contributed by atoms with Gasteiger partial charge >= 0.3 is 0 Å². The quantitative estimate of drug-likeness (QED) is 0.362. The molecule has 13 heteroatoms. The molecule has 0 aliphatic heterocycles. The highest BCUT2D eigenvalue weighted by Crippen LogP contribution is 2.39. The number of pyridine rings is 1. The summed E-state index contributed by atoms with van der Waals surface area (Å²) in [5.41, 5.74) is 8.34. The van der Waals surface area contributed by atoms with Gasteiger partial charge in [-0.1, -0.05) is 6.92 Å². The van der Waals surface area contributed by atoms with Crippen LogP contribution in [0.15, 0.2) is 53.8 Å². The Kier molecular flexibility index (Phi) is 7.26. The fourth-order valence-electron chi connectivity index (χ4n) is 5.91. The third kappa shape index (κ3) is 5.37. The van der Waals surface area contributed by atoms with Crippen LogP contribution < -0.4 is 5.73 Å². The Morgan fingerprint density at radius 1 is 1.02 bits per heavy atom. The Labute approximate surface area is 231 Å². The van der Waals surface area contributed by atoms with Gasteiger partial charge in [0.05, 0.1) is 33.1 Å². The third-order valence-electron chi connectivity index (χ3n) is 7.57. The molecule has 1 aliphatic rings. The average molecular weight is 590 g/mol. The maximum absolute atomic E-state index is 14.9. The molecule has 0 amide bonds. The molecule has 3 aromatic heterocycles.